The lowest BCUT2D eigenvalue weighted by molar-refractivity contribution is -0.142. The number of aromatic hydroxyl groups is 1. The van der Waals surface area contributed by atoms with Gasteiger partial charge in [0.1, 0.15) is 38.5 Å². The predicted octanol–water partition coefficient (Wildman–Crippen LogP) is 9.87. The van der Waals surface area contributed by atoms with Gasteiger partial charge < -0.3 is 18.7 Å². The van der Waals surface area contributed by atoms with E-state index >= 15 is 0 Å². The van der Waals surface area contributed by atoms with Crippen molar-refractivity contribution in [3.63, 3.8) is 0 Å². The highest BCUT2D eigenvalue weighted by atomic mass is 32.2. The van der Waals surface area contributed by atoms with Crippen LogP contribution in [0.4, 0.5) is 0 Å². The summed E-state index contributed by atoms with van der Waals surface area (Å²) in [6, 6.07) is 11.3. The van der Waals surface area contributed by atoms with Gasteiger partial charge in [-0.2, -0.15) is 0 Å². The smallest absolute Gasteiger partial charge is 0.347 e. The molecule has 0 fully saturated rings. The summed E-state index contributed by atoms with van der Waals surface area (Å²) >= 11 is 3.18. The highest BCUT2D eigenvalue weighted by Gasteiger charge is 2.27. The molecule has 0 saturated heterocycles. The van der Waals surface area contributed by atoms with Crippen LogP contribution in [0.25, 0.3) is 22.3 Å². The summed E-state index contributed by atoms with van der Waals surface area (Å²) in [4.78, 5) is 42.0. The zero-order chi connectivity index (χ0) is 37.6. The van der Waals surface area contributed by atoms with E-state index in [9.17, 15) is 19.5 Å². The Morgan fingerprint density at radius 3 is 1.76 bits per heavy atom. The molecule has 0 saturated carbocycles. The van der Waals surface area contributed by atoms with Crippen molar-refractivity contribution < 1.29 is 23.5 Å². The molecule has 1 N–H and O–H groups in total. The second-order valence-corrected chi connectivity index (χ2v) is 16.1. The molecule has 0 spiro atoms. The lowest BCUT2D eigenvalue weighted by Gasteiger charge is -2.19. The number of thioether (sulfide) groups is 1. The largest absolute Gasteiger partial charge is 0.507 e. The number of aryl methyl sites for hydroxylation is 8. The van der Waals surface area contributed by atoms with Crippen molar-refractivity contribution >= 4 is 29.1 Å². The Labute approximate surface area is 307 Å². The van der Waals surface area contributed by atoms with Gasteiger partial charge in [-0.05, 0) is 102 Å². The van der Waals surface area contributed by atoms with Crippen LogP contribution >= 0.6 is 23.1 Å². The van der Waals surface area contributed by atoms with E-state index in [1.807, 2.05) is 78.1 Å². The molecular formula is C41H47NO7S2. The van der Waals surface area contributed by atoms with Gasteiger partial charge in [0, 0.05) is 42.3 Å². The van der Waals surface area contributed by atoms with E-state index in [0.717, 1.165) is 61.0 Å². The number of esters is 1. The number of thiazole rings is 1. The average Bonchev–Trinajstić information content (AvgIpc) is 3.52. The minimum atomic E-state index is -0.671. The summed E-state index contributed by atoms with van der Waals surface area (Å²) in [6.07, 6.45) is 3.76. The molecule has 0 aliphatic heterocycles. The van der Waals surface area contributed by atoms with E-state index in [-0.39, 0.29) is 23.0 Å². The molecule has 0 amide bonds. The quantitative estimate of drug-likeness (QED) is 0.117. The number of rotatable bonds is 9. The van der Waals surface area contributed by atoms with Crippen LogP contribution in [0.3, 0.4) is 0 Å². The van der Waals surface area contributed by atoms with Gasteiger partial charge in [0.2, 0.25) is 0 Å². The molecule has 0 atom stereocenters. The van der Waals surface area contributed by atoms with Crippen molar-refractivity contribution in [2.75, 3.05) is 5.75 Å². The second kappa shape index (κ2) is 16.7. The number of carbonyl (C=O) groups excluding carboxylic acids is 1. The van der Waals surface area contributed by atoms with Crippen molar-refractivity contribution in [3.8, 4) is 33.8 Å². The zero-order valence-corrected chi connectivity index (χ0v) is 32.7. The van der Waals surface area contributed by atoms with Crippen molar-refractivity contribution in [3.05, 3.63) is 114 Å². The van der Waals surface area contributed by atoms with Crippen molar-refractivity contribution in [2.45, 2.75) is 92.8 Å². The topological polar surface area (TPSA) is 120 Å². The Bertz CT molecular complexity index is 2090. The van der Waals surface area contributed by atoms with Crippen molar-refractivity contribution in [1.82, 2.24) is 4.98 Å². The van der Waals surface area contributed by atoms with Crippen LogP contribution in [0.15, 0.2) is 70.7 Å². The lowest BCUT2D eigenvalue weighted by Crippen LogP contribution is -2.26. The van der Waals surface area contributed by atoms with Gasteiger partial charge in [0.05, 0.1) is 5.41 Å². The third-order valence-corrected chi connectivity index (χ3v) is 10.1. The number of carbonyl (C=O) groups is 1. The number of aromatic nitrogens is 1. The summed E-state index contributed by atoms with van der Waals surface area (Å²) in [5.74, 6) is 1.62. The molecule has 3 heterocycles. The van der Waals surface area contributed by atoms with E-state index in [4.69, 9.17) is 13.6 Å². The van der Waals surface area contributed by atoms with E-state index in [0.29, 0.717) is 29.9 Å². The van der Waals surface area contributed by atoms with E-state index in [1.54, 1.807) is 62.2 Å². The Kier molecular flexibility index (Phi) is 12.9. The van der Waals surface area contributed by atoms with Crippen LogP contribution in [-0.2, 0) is 17.6 Å². The van der Waals surface area contributed by atoms with Gasteiger partial charge in [-0.1, -0.05) is 54.1 Å². The van der Waals surface area contributed by atoms with Gasteiger partial charge in [0.15, 0.2) is 0 Å². The normalized spacial score (nSPS) is 11.3. The minimum absolute atomic E-state index is 0.0273. The molecule has 8 nitrogen and oxygen atoms in total. The minimum Gasteiger partial charge on any atom is -0.507 e. The van der Waals surface area contributed by atoms with Gasteiger partial charge in [-0.3, -0.25) is 4.79 Å². The Hall–Kier alpha value is -4.41. The molecule has 270 valence electrons. The average molecular weight is 730 g/mol. The molecule has 0 aliphatic rings. The molecule has 5 aromatic rings. The van der Waals surface area contributed by atoms with Gasteiger partial charge >= 0.3 is 17.2 Å². The van der Waals surface area contributed by atoms with Crippen molar-refractivity contribution in [1.29, 1.82) is 0 Å². The highest BCUT2D eigenvalue weighted by molar-refractivity contribution is 8.01. The number of hydrogen-bond acceptors (Lipinski definition) is 10. The third-order valence-electron chi connectivity index (χ3n) is 8.10. The monoisotopic (exact) mass is 729 g/mol. The van der Waals surface area contributed by atoms with Gasteiger partial charge in [0.25, 0.3) is 0 Å². The molecule has 10 heteroatoms. The van der Waals surface area contributed by atoms with Crippen LogP contribution in [-0.4, -0.2) is 21.8 Å². The van der Waals surface area contributed by atoms with Crippen LogP contribution < -0.4 is 16.0 Å². The van der Waals surface area contributed by atoms with E-state index in [1.165, 1.54) is 0 Å². The fourth-order valence-corrected chi connectivity index (χ4v) is 7.66. The maximum absolute atomic E-state index is 12.8. The van der Waals surface area contributed by atoms with Crippen LogP contribution in [0.1, 0.15) is 79.0 Å². The predicted molar refractivity (Wildman–Crippen MR) is 207 cm³/mol. The third kappa shape index (κ3) is 9.89. The summed E-state index contributed by atoms with van der Waals surface area (Å²) in [5, 5.41) is 12.4. The first-order valence-corrected chi connectivity index (χ1v) is 18.8. The van der Waals surface area contributed by atoms with Crippen LogP contribution in [0, 0.1) is 47.0 Å². The Balaban J connectivity index is 0.000000229. The maximum atomic E-state index is 12.8. The summed E-state index contributed by atoms with van der Waals surface area (Å²) in [6.45, 7) is 19.2. The van der Waals surface area contributed by atoms with E-state index in [2.05, 4.69) is 4.98 Å². The molecule has 3 aromatic heterocycles. The highest BCUT2D eigenvalue weighted by Crippen LogP contribution is 2.36. The molecule has 0 radical (unpaired) electrons. The number of benzene rings is 2. The first-order valence-electron chi connectivity index (χ1n) is 16.9. The van der Waals surface area contributed by atoms with E-state index < -0.39 is 16.7 Å². The Morgan fingerprint density at radius 1 is 0.784 bits per heavy atom. The first-order chi connectivity index (χ1) is 24.0. The lowest BCUT2D eigenvalue weighted by atomic mass is 9.93. The fourth-order valence-electron chi connectivity index (χ4n) is 6.00. The number of ether oxygens (including phenoxy) is 1. The zero-order valence-electron chi connectivity index (χ0n) is 31.1. The molecule has 0 unspecified atom stereocenters. The standard InChI is InChI=1S/C22H28O4.C19H19NO3S2/c1-8-9-16-12-17(26-21(24)22(5,6)7)19(20(23)25-16)18-14(3)10-13(2)11-15(18)4;1-11-8-12(2)16(13(3)9-11)17-15(21)10-14(23-18(17)22)4-6-24-19-20-5-7-25-19/h10-12H,8-9H2,1-7H3;5,7-10,21H,4,6H2,1-3H3. The molecule has 0 bridgehead atoms. The van der Waals surface area contributed by atoms with Crippen LogP contribution in [0.5, 0.6) is 11.5 Å². The Morgan fingerprint density at radius 2 is 1.29 bits per heavy atom. The number of hydrogen-bond donors (Lipinski definition) is 1. The second-order valence-electron chi connectivity index (χ2n) is 13.8. The molecular weight excluding hydrogens is 683 g/mol. The molecule has 2 aromatic carbocycles. The van der Waals surface area contributed by atoms with Crippen LogP contribution in [0.2, 0.25) is 0 Å². The van der Waals surface area contributed by atoms with Crippen molar-refractivity contribution in [2.24, 2.45) is 5.41 Å². The summed E-state index contributed by atoms with van der Waals surface area (Å²) in [7, 11) is 0. The SMILES string of the molecule is CCCc1cc(OC(=O)C(C)(C)C)c(-c2c(C)cc(C)cc2C)c(=O)o1.Cc1cc(C)c(-c2c(O)cc(CCSc3nccs3)oc2=O)c(C)c1. The molecule has 0 aliphatic carbocycles. The van der Waals surface area contributed by atoms with Gasteiger partial charge in [-0.15, -0.1) is 11.3 Å². The summed E-state index contributed by atoms with van der Waals surface area (Å²) in [5.41, 5.74) is 6.48. The fraction of sp³-hybridized carbons (Fsp3) is 0.366. The molecule has 51 heavy (non-hydrogen) atoms. The number of nitrogens with zero attached hydrogens (tertiary/aromatic N) is 1. The summed E-state index contributed by atoms with van der Waals surface area (Å²) < 4.78 is 17.6. The maximum Gasteiger partial charge on any atom is 0.347 e. The molecule has 5 rings (SSSR count). The van der Waals surface area contributed by atoms with Gasteiger partial charge in [-0.25, -0.2) is 14.6 Å². The first kappa shape index (κ1) is 39.4.